The van der Waals surface area contributed by atoms with Gasteiger partial charge in [0.15, 0.2) is 0 Å². The highest BCUT2D eigenvalue weighted by Crippen LogP contribution is 2.29. The third-order valence-corrected chi connectivity index (χ3v) is 20.1. The van der Waals surface area contributed by atoms with Crippen molar-refractivity contribution in [3.8, 4) is 0 Å². The molecule has 30 heavy (non-hydrogen) atoms. The van der Waals surface area contributed by atoms with Crippen molar-refractivity contribution in [2.24, 2.45) is 0 Å². The largest absolute Gasteiger partial charge is 0.0654 e. The molecule has 0 aliphatic rings. The summed E-state index contributed by atoms with van der Waals surface area (Å²) in [5, 5.41) is 0. The smallest absolute Gasteiger partial charge is 0.0381 e. The minimum atomic E-state index is -1.05. The molecule has 0 rings (SSSR count). The summed E-state index contributed by atoms with van der Waals surface area (Å²) in [4.78, 5) is 0. The SMILES string of the molecule is CCCCCCCCC[Si](CCCCCCCCC)(CCCCCCCCC)[Si][Si]. The average molecular weight is 466 g/mol. The minimum Gasteiger partial charge on any atom is -0.0654 e. The highest BCUT2D eigenvalue weighted by molar-refractivity contribution is 7.40. The van der Waals surface area contributed by atoms with Gasteiger partial charge in [0.05, 0.1) is 0 Å². The number of unbranched alkanes of at least 4 members (excludes halogenated alkanes) is 18. The van der Waals surface area contributed by atoms with Crippen LogP contribution in [0.25, 0.3) is 0 Å². The lowest BCUT2D eigenvalue weighted by Gasteiger charge is -2.31. The van der Waals surface area contributed by atoms with Gasteiger partial charge in [-0.1, -0.05) is 174 Å². The second-order valence-electron chi connectivity index (χ2n) is 10.0. The van der Waals surface area contributed by atoms with Crippen molar-refractivity contribution in [3.63, 3.8) is 0 Å². The molecule has 0 fully saturated rings. The van der Waals surface area contributed by atoms with E-state index in [-0.39, 0.29) is 0 Å². The van der Waals surface area contributed by atoms with Crippen molar-refractivity contribution in [2.75, 3.05) is 0 Å². The first-order valence-electron chi connectivity index (χ1n) is 14.2. The fourth-order valence-electron chi connectivity index (χ4n) is 4.82. The number of rotatable bonds is 25. The summed E-state index contributed by atoms with van der Waals surface area (Å²) in [5.74, 6) is 0. The van der Waals surface area contributed by atoms with Crippen LogP contribution >= 0.6 is 0 Å². The molecule has 0 amide bonds. The Morgan fingerprint density at radius 3 is 0.867 bits per heavy atom. The molecule has 0 aliphatic heterocycles. The van der Waals surface area contributed by atoms with Crippen molar-refractivity contribution in [1.82, 2.24) is 0 Å². The van der Waals surface area contributed by atoms with Crippen molar-refractivity contribution in [2.45, 2.75) is 174 Å². The van der Waals surface area contributed by atoms with Gasteiger partial charge in [0, 0.05) is 25.9 Å². The van der Waals surface area contributed by atoms with Crippen LogP contribution in [0.3, 0.4) is 0 Å². The zero-order chi connectivity index (χ0) is 22.2. The lowest BCUT2D eigenvalue weighted by molar-refractivity contribution is 0.590. The molecule has 177 valence electrons. The molecule has 0 aliphatic carbocycles. The predicted molar refractivity (Wildman–Crippen MR) is 146 cm³/mol. The molecular weight excluding hydrogens is 409 g/mol. The van der Waals surface area contributed by atoms with Crippen LogP contribution in [-0.2, 0) is 0 Å². The molecule has 3 heteroatoms. The summed E-state index contributed by atoms with van der Waals surface area (Å²) in [6.45, 7) is 6.97. The standard InChI is InChI=1S/C27H57Si3/c1-4-7-10-13-16-19-22-25-30(29-28,26-23-20-17-14-11-8-5-2)27-24-21-18-15-12-9-6-3/h4-27H2,1-3H3. The van der Waals surface area contributed by atoms with Gasteiger partial charge in [-0.05, 0) is 0 Å². The van der Waals surface area contributed by atoms with E-state index in [1.54, 1.807) is 18.1 Å². The van der Waals surface area contributed by atoms with Gasteiger partial charge in [-0.2, -0.15) is 0 Å². The molecule has 0 bridgehead atoms. The Morgan fingerprint density at radius 1 is 0.400 bits per heavy atom. The number of hydrogen-bond donors (Lipinski definition) is 0. The maximum absolute atomic E-state index is 4.13. The van der Waals surface area contributed by atoms with Crippen molar-refractivity contribution in [1.29, 1.82) is 0 Å². The zero-order valence-electron chi connectivity index (χ0n) is 21.5. The summed E-state index contributed by atoms with van der Waals surface area (Å²) in [6, 6.07) is 4.86. The van der Waals surface area contributed by atoms with Crippen LogP contribution in [-0.4, -0.2) is 25.9 Å². The van der Waals surface area contributed by atoms with Gasteiger partial charge in [0.25, 0.3) is 0 Å². The fraction of sp³-hybridized carbons (Fsp3) is 1.00. The third kappa shape index (κ3) is 19.3. The van der Waals surface area contributed by atoms with Gasteiger partial charge >= 0.3 is 0 Å². The van der Waals surface area contributed by atoms with E-state index < -0.39 is 7.59 Å². The molecule has 0 N–H and O–H groups in total. The summed E-state index contributed by atoms with van der Waals surface area (Å²) in [5.41, 5.74) is 0. The van der Waals surface area contributed by atoms with Crippen molar-refractivity contribution >= 4 is 25.9 Å². The maximum Gasteiger partial charge on any atom is 0.0381 e. The Morgan fingerprint density at radius 2 is 0.633 bits per heavy atom. The molecule has 0 nitrogen and oxygen atoms in total. The normalized spacial score (nSPS) is 12.0. The van der Waals surface area contributed by atoms with E-state index in [1.807, 2.05) is 0 Å². The topological polar surface area (TPSA) is 0 Å². The summed E-state index contributed by atoms with van der Waals surface area (Å²) >= 11 is 0. The Kier molecular flexibility index (Phi) is 24.8. The Labute approximate surface area is 199 Å². The highest BCUT2D eigenvalue weighted by Gasteiger charge is 2.29. The molecule has 0 spiro atoms. The molecule has 0 atom stereocenters. The minimum absolute atomic E-state index is 1.05. The molecule has 0 heterocycles. The maximum atomic E-state index is 4.13. The van der Waals surface area contributed by atoms with Gasteiger partial charge in [-0.25, -0.2) is 0 Å². The molecule has 0 aromatic rings. The van der Waals surface area contributed by atoms with E-state index in [0.29, 0.717) is 0 Å². The predicted octanol–water partition coefficient (Wildman–Crippen LogP) is 9.97. The van der Waals surface area contributed by atoms with Crippen molar-refractivity contribution in [3.05, 3.63) is 0 Å². The van der Waals surface area contributed by atoms with Crippen LogP contribution in [0.4, 0.5) is 0 Å². The van der Waals surface area contributed by atoms with E-state index in [2.05, 4.69) is 30.5 Å². The fourth-order valence-corrected chi connectivity index (χ4v) is 14.8. The van der Waals surface area contributed by atoms with Gasteiger partial charge < -0.3 is 0 Å². The Hall–Kier alpha value is 0.651. The molecule has 0 saturated carbocycles. The first-order chi connectivity index (χ1) is 14.7. The molecule has 0 saturated heterocycles. The van der Waals surface area contributed by atoms with Crippen molar-refractivity contribution < 1.29 is 0 Å². The quantitative estimate of drug-likeness (QED) is 0.0928. The number of hydrogen-bond acceptors (Lipinski definition) is 0. The van der Waals surface area contributed by atoms with Crippen LogP contribution in [0, 0.1) is 0 Å². The second-order valence-corrected chi connectivity index (χ2v) is 20.5. The first kappa shape index (κ1) is 30.7. The van der Waals surface area contributed by atoms with Crippen LogP contribution in [0.5, 0.6) is 0 Å². The molecular formula is C27H57Si3. The Balaban J connectivity index is 4.23. The summed E-state index contributed by atoms with van der Waals surface area (Å²) < 4.78 is 0. The lowest BCUT2D eigenvalue weighted by atomic mass is 10.1. The molecule has 5 radical (unpaired) electrons. The third-order valence-electron chi connectivity index (χ3n) is 7.04. The molecule has 0 aromatic carbocycles. The Bertz CT molecular complexity index is 274. The zero-order valence-corrected chi connectivity index (χ0v) is 24.5. The molecule has 0 aromatic heterocycles. The van der Waals surface area contributed by atoms with E-state index >= 15 is 0 Å². The van der Waals surface area contributed by atoms with E-state index in [0.717, 1.165) is 8.55 Å². The average Bonchev–Trinajstić information content (AvgIpc) is 2.76. The summed E-state index contributed by atoms with van der Waals surface area (Å²) in [6.07, 6.45) is 30.9. The van der Waals surface area contributed by atoms with Gasteiger partial charge in [-0.15, -0.1) is 0 Å². The van der Waals surface area contributed by atoms with Crippen LogP contribution in [0.15, 0.2) is 0 Å². The van der Waals surface area contributed by atoms with Crippen LogP contribution in [0.1, 0.15) is 156 Å². The van der Waals surface area contributed by atoms with Crippen LogP contribution < -0.4 is 0 Å². The summed E-state index contributed by atoms with van der Waals surface area (Å²) in [7, 11) is 4.17. The highest BCUT2D eigenvalue weighted by atomic mass is 29.5. The first-order valence-corrected chi connectivity index (χ1v) is 20.3. The lowest BCUT2D eigenvalue weighted by Crippen LogP contribution is -2.42. The van der Waals surface area contributed by atoms with E-state index in [4.69, 9.17) is 0 Å². The van der Waals surface area contributed by atoms with Gasteiger partial charge in [0.1, 0.15) is 0 Å². The monoisotopic (exact) mass is 465 g/mol. The second kappa shape index (κ2) is 24.3. The van der Waals surface area contributed by atoms with Gasteiger partial charge in [-0.3, -0.25) is 0 Å². The molecule has 0 unspecified atom stereocenters. The van der Waals surface area contributed by atoms with E-state index in [9.17, 15) is 0 Å². The van der Waals surface area contributed by atoms with Crippen LogP contribution in [0.2, 0.25) is 18.1 Å². The van der Waals surface area contributed by atoms with E-state index in [1.165, 1.54) is 135 Å². The van der Waals surface area contributed by atoms with Gasteiger partial charge in [0.2, 0.25) is 0 Å².